The van der Waals surface area contributed by atoms with E-state index in [4.69, 9.17) is 9.47 Å². The van der Waals surface area contributed by atoms with E-state index in [0.29, 0.717) is 36.0 Å². The van der Waals surface area contributed by atoms with Crippen molar-refractivity contribution in [2.75, 3.05) is 18.5 Å². The SMILES string of the molecule is CCCOc1ccc(C(=O)Nc2cnc3c(c2)c(C)nn3C)cc1OCCC. The molecule has 0 aliphatic heterocycles. The summed E-state index contributed by atoms with van der Waals surface area (Å²) in [7, 11) is 1.85. The Kier molecular flexibility index (Phi) is 6.13. The normalized spacial score (nSPS) is 10.9. The average molecular weight is 382 g/mol. The molecule has 1 aromatic carbocycles. The van der Waals surface area contributed by atoms with E-state index in [1.807, 2.05) is 33.9 Å². The number of pyridine rings is 1. The molecule has 7 nitrogen and oxygen atoms in total. The lowest BCUT2D eigenvalue weighted by molar-refractivity contribution is 0.102. The van der Waals surface area contributed by atoms with Crippen LogP contribution in [-0.4, -0.2) is 33.9 Å². The minimum absolute atomic E-state index is 0.230. The second-order valence-corrected chi connectivity index (χ2v) is 6.62. The molecule has 0 aliphatic rings. The van der Waals surface area contributed by atoms with Crippen molar-refractivity contribution in [3.63, 3.8) is 0 Å². The summed E-state index contributed by atoms with van der Waals surface area (Å²) in [6.45, 7) is 7.16. The molecule has 1 amide bonds. The van der Waals surface area contributed by atoms with Gasteiger partial charge in [0.2, 0.25) is 0 Å². The number of ether oxygens (including phenoxy) is 2. The number of nitrogens with zero attached hydrogens (tertiary/aromatic N) is 3. The van der Waals surface area contributed by atoms with Crippen LogP contribution in [0.25, 0.3) is 11.0 Å². The number of hydrogen-bond acceptors (Lipinski definition) is 5. The number of carbonyl (C=O) groups is 1. The molecule has 7 heteroatoms. The summed E-state index contributed by atoms with van der Waals surface area (Å²) in [4.78, 5) is 17.1. The minimum Gasteiger partial charge on any atom is -0.490 e. The second-order valence-electron chi connectivity index (χ2n) is 6.62. The maximum absolute atomic E-state index is 12.7. The fraction of sp³-hybridized carbons (Fsp3) is 0.381. The first kappa shape index (κ1) is 19.7. The molecule has 0 radical (unpaired) electrons. The molecule has 0 saturated carbocycles. The smallest absolute Gasteiger partial charge is 0.255 e. The van der Waals surface area contributed by atoms with Gasteiger partial charge in [0.1, 0.15) is 0 Å². The van der Waals surface area contributed by atoms with Crippen molar-refractivity contribution in [3.8, 4) is 11.5 Å². The minimum atomic E-state index is -0.230. The van der Waals surface area contributed by atoms with E-state index in [-0.39, 0.29) is 5.91 Å². The quantitative estimate of drug-likeness (QED) is 0.634. The molecule has 0 bridgehead atoms. The predicted octanol–water partition coefficient (Wildman–Crippen LogP) is 4.11. The summed E-state index contributed by atoms with van der Waals surface area (Å²) >= 11 is 0. The van der Waals surface area contributed by atoms with Crippen molar-refractivity contribution < 1.29 is 14.3 Å². The monoisotopic (exact) mass is 382 g/mol. The lowest BCUT2D eigenvalue weighted by atomic mass is 10.1. The maximum atomic E-state index is 12.7. The standard InChI is InChI=1S/C21H26N4O3/c1-5-9-27-18-8-7-15(11-19(18)28-10-6-2)21(26)23-16-12-17-14(3)24-25(4)20(17)22-13-16/h7-8,11-13H,5-6,9-10H2,1-4H3,(H,23,26). The zero-order chi connectivity index (χ0) is 20.1. The summed E-state index contributed by atoms with van der Waals surface area (Å²) in [5.41, 5.74) is 2.77. The van der Waals surface area contributed by atoms with Crippen LogP contribution in [0.4, 0.5) is 5.69 Å². The molecule has 1 N–H and O–H groups in total. The molecular formula is C21H26N4O3. The third kappa shape index (κ3) is 4.24. The highest BCUT2D eigenvalue weighted by molar-refractivity contribution is 6.05. The number of fused-ring (bicyclic) bond motifs is 1. The number of aromatic nitrogens is 3. The van der Waals surface area contributed by atoms with Gasteiger partial charge in [-0.05, 0) is 44.0 Å². The molecule has 28 heavy (non-hydrogen) atoms. The molecule has 0 fully saturated rings. The Labute approximate surface area is 164 Å². The summed E-state index contributed by atoms with van der Waals surface area (Å²) in [6.07, 6.45) is 3.41. The number of hydrogen-bond donors (Lipinski definition) is 1. The summed E-state index contributed by atoms with van der Waals surface area (Å²) in [6, 6.07) is 7.12. The molecule has 0 unspecified atom stereocenters. The zero-order valence-electron chi connectivity index (χ0n) is 16.8. The van der Waals surface area contributed by atoms with Gasteiger partial charge in [0.05, 0.1) is 30.8 Å². The van der Waals surface area contributed by atoms with Gasteiger partial charge in [-0.2, -0.15) is 5.10 Å². The Morgan fingerprint density at radius 3 is 2.54 bits per heavy atom. The van der Waals surface area contributed by atoms with Crippen LogP contribution < -0.4 is 14.8 Å². The molecule has 0 spiro atoms. The first-order valence-electron chi connectivity index (χ1n) is 9.53. The number of nitrogens with one attached hydrogen (secondary N) is 1. The van der Waals surface area contributed by atoms with Crippen LogP contribution in [0, 0.1) is 6.92 Å². The van der Waals surface area contributed by atoms with Crippen molar-refractivity contribution in [2.24, 2.45) is 7.05 Å². The number of anilines is 1. The van der Waals surface area contributed by atoms with Gasteiger partial charge in [-0.3, -0.25) is 9.48 Å². The Morgan fingerprint density at radius 2 is 1.82 bits per heavy atom. The highest BCUT2D eigenvalue weighted by Crippen LogP contribution is 2.29. The van der Waals surface area contributed by atoms with E-state index in [1.165, 1.54) is 0 Å². The van der Waals surface area contributed by atoms with Crippen LogP contribution in [0.5, 0.6) is 11.5 Å². The zero-order valence-corrected chi connectivity index (χ0v) is 16.8. The maximum Gasteiger partial charge on any atom is 0.255 e. The molecular weight excluding hydrogens is 356 g/mol. The Morgan fingerprint density at radius 1 is 1.11 bits per heavy atom. The molecule has 3 rings (SSSR count). The van der Waals surface area contributed by atoms with E-state index in [2.05, 4.69) is 15.4 Å². The molecule has 148 valence electrons. The number of aryl methyl sites for hydroxylation is 2. The molecule has 0 aliphatic carbocycles. The van der Waals surface area contributed by atoms with Gasteiger partial charge in [-0.25, -0.2) is 4.98 Å². The van der Waals surface area contributed by atoms with E-state index < -0.39 is 0 Å². The molecule has 3 aromatic rings. The first-order valence-corrected chi connectivity index (χ1v) is 9.53. The summed E-state index contributed by atoms with van der Waals surface area (Å²) in [5, 5.41) is 8.16. The van der Waals surface area contributed by atoms with E-state index >= 15 is 0 Å². The fourth-order valence-corrected chi connectivity index (χ4v) is 2.88. The predicted molar refractivity (Wildman–Crippen MR) is 109 cm³/mol. The van der Waals surface area contributed by atoms with Gasteiger partial charge < -0.3 is 14.8 Å². The highest BCUT2D eigenvalue weighted by atomic mass is 16.5. The van der Waals surface area contributed by atoms with Crippen molar-refractivity contribution >= 4 is 22.6 Å². The van der Waals surface area contributed by atoms with Crippen molar-refractivity contribution in [2.45, 2.75) is 33.6 Å². The summed E-state index contributed by atoms with van der Waals surface area (Å²) in [5.74, 6) is 1.01. The van der Waals surface area contributed by atoms with Gasteiger partial charge in [-0.15, -0.1) is 0 Å². The van der Waals surface area contributed by atoms with Gasteiger partial charge in [0.25, 0.3) is 5.91 Å². The number of rotatable bonds is 8. The average Bonchev–Trinajstić information content (AvgIpc) is 2.98. The van der Waals surface area contributed by atoms with Gasteiger partial charge in [-0.1, -0.05) is 13.8 Å². The van der Waals surface area contributed by atoms with Crippen molar-refractivity contribution in [3.05, 3.63) is 41.7 Å². The van der Waals surface area contributed by atoms with Crippen LogP contribution in [0.1, 0.15) is 42.7 Å². The Balaban J connectivity index is 1.82. The largest absolute Gasteiger partial charge is 0.490 e. The van der Waals surface area contributed by atoms with E-state index in [1.54, 1.807) is 29.1 Å². The lowest BCUT2D eigenvalue weighted by Crippen LogP contribution is -2.13. The van der Waals surface area contributed by atoms with Gasteiger partial charge >= 0.3 is 0 Å². The Hall–Kier alpha value is -3.09. The van der Waals surface area contributed by atoms with E-state index in [9.17, 15) is 4.79 Å². The molecule has 2 heterocycles. The molecule has 0 saturated heterocycles. The van der Waals surface area contributed by atoms with Crippen LogP contribution in [0.15, 0.2) is 30.5 Å². The van der Waals surface area contributed by atoms with Gasteiger partial charge in [0, 0.05) is 18.0 Å². The van der Waals surface area contributed by atoms with Crippen LogP contribution in [0.2, 0.25) is 0 Å². The van der Waals surface area contributed by atoms with Crippen LogP contribution >= 0.6 is 0 Å². The van der Waals surface area contributed by atoms with Crippen LogP contribution in [0.3, 0.4) is 0 Å². The number of benzene rings is 1. The van der Waals surface area contributed by atoms with Gasteiger partial charge in [0.15, 0.2) is 17.1 Å². The Bertz CT molecular complexity index is 981. The molecule has 0 atom stereocenters. The highest BCUT2D eigenvalue weighted by Gasteiger charge is 2.14. The lowest BCUT2D eigenvalue weighted by Gasteiger charge is -2.13. The fourth-order valence-electron chi connectivity index (χ4n) is 2.88. The van der Waals surface area contributed by atoms with Crippen LogP contribution in [-0.2, 0) is 7.05 Å². The second kappa shape index (κ2) is 8.73. The van der Waals surface area contributed by atoms with Crippen molar-refractivity contribution in [1.82, 2.24) is 14.8 Å². The number of amides is 1. The first-order chi connectivity index (χ1) is 13.5. The molecule has 2 aromatic heterocycles. The summed E-state index contributed by atoms with van der Waals surface area (Å²) < 4.78 is 13.2. The number of carbonyl (C=O) groups excluding carboxylic acids is 1. The third-order valence-corrected chi connectivity index (χ3v) is 4.25. The topological polar surface area (TPSA) is 78.3 Å². The van der Waals surface area contributed by atoms with E-state index in [0.717, 1.165) is 29.6 Å². The van der Waals surface area contributed by atoms with Crippen molar-refractivity contribution in [1.29, 1.82) is 0 Å². The third-order valence-electron chi connectivity index (χ3n) is 4.25.